The first-order chi connectivity index (χ1) is 16.9. The van der Waals surface area contributed by atoms with E-state index >= 15 is 0 Å². The average molecular weight is 536 g/mol. The zero-order valence-corrected chi connectivity index (χ0v) is 22.8. The van der Waals surface area contributed by atoms with E-state index in [1.165, 1.54) is 18.0 Å². The number of methoxy groups -OCH3 is 1. The second-order valence-electron chi connectivity index (χ2n) is 7.66. The molecule has 0 aliphatic carbocycles. The molecule has 180 valence electrons. The van der Waals surface area contributed by atoms with Crippen molar-refractivity contribution in [2.24, 2.45) is 0 Å². The number of nitrogens with two attached hydrogens (primary N) is 1. The van der Waals surface area contributed by atoms with Gasteiger partial charge >= 0.3 is 29.6 Å². The molecule has 1 fully saturated rings. The molecule has 2 aliphatic rings. The summed E-state index contributed by atoms with van der Waals surface area (Å²) >= 11 is 2.32. The number of hydrogen-bond acceptors (Lipinski definition) is 11. The Kier molecular flexibility index (Phi) is 7.80. The molecule has 36 heavy (non-hydrogen) atoms. The number of aromatic amines is 1. The van der Waals surface area contributed by atoms with E-state index in [1.807, 2.05) is 0 Å². The Balaban J connectivity index is 0.00000304. The molecule has 2 atom stereocenters. The van der Waals surface area contributed by atoms with Gasteiger partial charge in [-0.25, -0.2) is 9.97 Å². The zero-order chi connectivity index (χ0) is 24.7. The van der Waals surface area contributed by atoms with Crippen LogP contribution in [-0.4, -0.2) is 67.1 Å². The number of carboxylic acid groups (broad SMARTS) is 1. The monoisotopic (exact) mass is 535 g/mol. The van der Waals surface area contributed by atoms with Gasteiger partial charge in [-0.2, -0.15) is 5.10 Å². The molecule has 1 saturated heterocycles. The third kappa shape index (κ3) is 4.91. The van der Waals surface area contributed by atoms with Gasteiger partial charge in [0.25, 0.3) is 5.91 Å². The van der Waals surface area contributed by atoms with Crippen molar-refractivity contribution < 1.29 is 53.8 Å². The van der Waals surface area contributed by atoms with E-state index in [1.54, 1.807) is 31.4 Å². The summed E-state index contributed by atoms with van der Waals surface area (Å²) in [6.45, 7) is 0. The third-order valence-electron chi connectivity index (χ3n) is 5.50. The Morgan fingerprint density at radius 3 is 2.78 bits per heavy atom. The van der Waals surface area contributed by atoms with Crippen LogP contribution in [0.2, 0.25) is 0 Å². The van der Waals surface area contributed by atoms with Crippen molar-refractivity contribution in [2.45, 2.75) is 23.0 Å². The van der Waals surface area contributed by atoms with E-state index in [4.69, 9.17) is 10.5 Å². The maximum absolute atomic E-state index is 12.9. The van der Waals surface area contributed by atoms with Crippen molar-refractivity contribution >= 4 is 58.2 Å². The summed E-state index contributed by atoms with van der Waals surface area (Å²) in [4.78, 5) is 47.3. The second kappa shape index (κ2) is 10.7. The number of carboxylic acids is 1. The summed E-state index contributed by atoms with van der Waals surface area (Å²) in [5.41, 5.74) is 6.85. The van der Waals surface area contributed by atoms with Crippen LogP contribution in [0.4, 0.5) is 5.82 Å². The summed E-state index contributed by atoms with van der Waals surface area (Å²) in [6.07, 6.45) is 1.57. The van der Waals surface area contributed by atoms with Crippen LogP contribution >= 0.6 is 23.5 Å². The van der Waals surface area contributed by atoms with Gasteiger partial charge in [-0.1, -0.05) is 23.9 Å². The molecule has 2 aliphatic heterocycles. The Bertz CT molecular complexity index is 1380. The molecule has 0 radical (unpaired) electrons. The molecule has 2 amide bonds. The number of carbonyl (C=O) groups excluding carboxylic acids is 3. The molecule has 0 bridgehead atoms. The molecule has 4 heterocycles. The minimum absolute atomic E-state index is 0. The van der Waals surface area contributed by atoms with Crippen LogP contribution in [0.3, 0.4) is 0 Å². The number of β-lactam (4-membered cyclic amide) rings is 1. The summed E-state index contributed by atoms with van der Waals surface area (Å²) < 4.78 is 5.10. The van der Waals surface area contributed by atoms with Crippen LogP contribution in [0.1, 0.15) is 5.56 Å². The maximum Gasteiger partial charge on any atom is 1.00 e. The largest absolute Gasteiger partial charge is 1.00 e. The van der Waals surface area contributed by atoms with Gasteiger partial charge in [0.15, 0.2) is 10.8 Å². The first-order valence-electron chi connectivity index (χ1n) is 10.3. The molecule has 0 saturated carbocycles. The van der Waals surface area contributed by atoms with Crippen LogP contribution in [0.15, 0.2) is 46.2 Å². The third-order valence-corrected chi connectivity index (χ3v) is 7.91. The van der Waals surface area contributed by atoms with Gasteiger partial charge in [0.2, 0.25) is 5.91 Å². The van der Waals surface area contributed by atoms with Gasteiger partial charge in [-0.15, -0.1) is 11.8 Å². The molecule has 2 aromatic heterocycles. The molecular formula is C21H18N7NaO5S2. The summed E-state index contributed by atoms with van der Waals surface area (Å²) in [6, 6.07) is 6.18. The number of nitrogen functional groups attached to an aromatic ring is 1. The first-order valence-corrected chi connectivity index (χ1v) is 12.2. The molecule has 0 spiro atoms. The number of anilines is 1. The zero-order valence-electron chi connectivity index (χ0n) is 19.2. The van der Waals surface area contributed by atoms with Crippen LogP contribution < -0.4 is 50.5 Å². The Hall–Kier alpha value is -2.78. The van der Waals surface area contributed by atoms with Crippen LogP contribution in [0.25, 0.3) is 11.0 Å². The molecule has 3 aromatic rings. The van der Waals surface area contributed by atoms with Crippen molar-refractivity contribution in [1.82, 2.24) is 30.4 Å². The molecule has 4 N–H and O–H groups in total. The van der Waals surface area contributed by atoms with E-state index in [0.717, 1.165) is 22.2 Å². The number of carbonyl (C=O) groups is 3. The van der Waals surface area contributed by atoms with Gasteiger partial charge in [0.05, 0.1) is 36.8 Å². The van der Waals surface area contributed by atoms with Crippen molar-refractivity contribution in [1.29, 1.82) is 0 Å². The minimum Gasteiger partial charge on any atom is -0.543 e. The average Bonchev–Trinajstić information content (AvgIpc) is 3.32. The molecule has 15 heteroatoms. The topological polar surface area (TPSA) is 179 Å². The molecule has 1 unspecified atom stereocenters. The fourth-order valence-corrected chi connectivity index (χ4v) is 6.22. The Morgan fingerprint density at radius 1 is 1.33 bits per heavy atom. The van der Waals surface area contributed by atoms with Crippen molar-refractivity contribution in [3.63, 3.8) is 0 Å². The predicted molar refractivity (Wildman–Crippen MR) is 126 cm³/mol. The number of aliphatic carboxylic acids is 1. The quantitative estimate of drug-likeness (QED) is 0.156. The van der Waals surface area contributed by atoms with Crippen LogP contribution in [0, 0.1) is 0 Å². The Labute approximate surface area is 235 Å². The predicted octanol–water partition coefficient (Wildman–Crippen LogP) is -3.36. The van der Waals surface area contributed by atoms with Gasteiger partial charge in [-0.3, -0.25) is 19.6 Å². The number of fused-ring (bicyclic) bond motifs is 2. The number of H-pyrrole nitrogens is 1. The van der Waals surface area contributed by atoms with E-state index in [2.05, 4.69) is 25.5 Å². The maximum atomic E-state index is 12.9. The number of rotatable bonds is 7. The molecule has 5 rings (SSSR count). The number of amides is 2. The number of thioether (sulfide) groups is 2. The SMILES string of the molecule is COc1ccc(CC(=O)NC2C(=O)N3C(C(=O)[O-])=C(Sc4nc(N)c5cn[nH]c5n4)CS[C@H]23)cc1.[Na+]. The molecule has 12 nitrogen and oxygen atoms in total. The number of nitrogens with one attached hydrogen (secondary N) is 2. The molecular weight excluding hydrogens is 517 g/mol. The number of benzene rings is 1. The van der Waals surface area contributed by atoms with Gasteiger partial charge in [0, 0.05) is 10.7 Å². The smallest absolute Gasteiger partial charge is 0.543 e. The normalized spacial score (nSPS) is 18.8. The first kappa shape index (κ1) is 26.3. The van der Waals surface area contributed by atoms with Gasteiger partial charge in [-0.05, 0) is 17.7 Å². The summed E-state index contributed by atoms with van der Waals surface area (Å²) in [7, 11) is 1.55. The van der Waals surface area contributed by atoms with Crippen LogP contribution in [-0.2, 0) is 20.8 Å². The van der Waals surface area contributed by atoms with Gasteiger partial charge in [0.1, 0.15) is 23.0 Å². The van der Waals surface area contributed by atoms with Gasteiger partial charge < -0.3 is 25.7 Å². The second-order valence-corrected chi connectivity index (χ2v) is 9.83. The minimum atomic E-state index is -1.50. The fourth-order valence-electron chi connectivity index (χ4n) is 3.80. The standard InChI is InChI=1S/C21H19N7O5S2.Na/c1-33-10-4-2-9(3-5-10)6-13(29)24-14-18(30)28-15(20(31)32)12(8-34-19(14)28)35-21-25-16(22)11-7-23-27-17(11)26-21;/h2-5,7,14,19H,6,8H2,1H3,(H,24,29)(H,31,32)(H3,22,23,25,26,27);/q;+1/p-1/t14?,19-;/m1./s1. The fraction of sp³-hybridized carbons (Fsp3) is 0.238. The number of ether oxygens (including phenoxy) is 1. The summed E-state index contributed by atoms with van der Waals surface area (Å²) in [5, 5.41) is 21.5. The summed E-state index contributed by atoms with van der Waals surface area (Å²) in [5.74, 6) is -1.23. The van der Waals surface area contributed by atoms with E-state index in [9.17, 15) is 19.5 Å². The number of aromatic nitrogens is 4. The van der Waals surface area contributed by atoms with E-state index < -0.39 is 23.3 Å². The van der Waals surface area contributed by atoms with Crippen molar-refractivity contribution in [3.8, 4) is 5.75 Å². The van der Waals surface area contributed by atoms with Crippen molar-refractivity contribution in [2.75, 3.05) is 18.6 Å². The molecule has 1 aromatic carbocycles. The Morgan fingerprint density at radius 2 is 2.08 bits per heavy atom. The number of hydrogen-bond donors (Lipinski definition) is 3. The van der Waals surface area contributed by atoms with E-state index in [-0.39, 0.29) is 64.3 Å². The number of nitrogens with zero attached hydrogens (tertiary/aromatic N) is 4. The van der Waals surface area contributed by atoms with E-state index in [0.29, 0.717) is 21.7 Å². The van der Waals surface area contributed by atoms with Crippen LogP contribution in [0.5, 0.6) is 5.75 Å². The van der Waals surface area contributed by atoms with Crippen molar-refractivity contribution in [3.05, 3.63) is 46.6 Å².